The molecule has 0 aliphatic carbocycles. The molecule has 0 saturated carbocycles. The van der Waals surface area contributed by atoms with E-state index < -0.39 is 6.09 Å². The Morgan fingerprint density at radius 1 is 1.50 bits per heavy atom. The SMILES string of the molecule is CCOC(=O)NCc1cnn2c(C)cc(C)nc12. The molecule has 2 rings (SSSR count). The summed E-state index contributed by atoms with van der Waals surface area (Å²) in [5, 5.41) is 6.91. The van der Waals surface area contributed by atoms with Gasteiger partial charge in [0.15, 0.2) is 5.65 Å². The number of nitrogens with one attached hydrogen (secondary N) is 1. The molecular weight excluding hydrogens is 232 g/mol. The van der Waals surface area contributed by atoms with E-state index in [-0.39, 0.29) is 0 Å². The van der Waals surface area contributed by atoms with Gasteiger partial charge in [-0.1, -0.05) is 0 Å². The van der Waals surface area contributed by atoms with Crippen LogP contribution in [-0.2, 0) is 11.3 Å². The maximum absolute atomic E-state index is 11.2. The molecule has 1 N–H and O–H groups in total. The second-order valence-corrected chi connectivity index (χ2v) is 4.02. The molecule has 96 valence electrons. The van der Waals surface area contributed by atoms with Crippen molar-refractivity contribution in [3.05, 3.63) is 29.2 Å². The van der Waals surface area contributed by atoms with Crippen LogP contribution in [0.1, 0.15) is 23.9 Å². The van der Waals surface area contributed by atoms with E-state index >= 15 is 0 Å². The van der Waals surface area contributed by atoms with Gasteiger partial charge < -0.3 is 10.1 Å². The molecule has 0 bridgehead atoms. The van der Waals surface area contributed by atoms with Crippen LogP contribution in [-0.4, -0.2) is 27.3 Å². The average molecular weight is 248 g/mol. The van der Waals surface area contributed by atoms with Gasteiger partial charge in [0, 0.05) is 17.0 Å². The van der Waals surface area contributed by atoms with Crippen LogP contribution < -0.4 is 5.32 Å². The van der Waals surface area contributed by atoms with Crippen molar-refractivity contribution in [3.63, 3.8) is 0 Å². The largest absolute Gasteiger partial charge is 0.450 e. The first-order valence-corrected chi connectivity index (χ1v) is 5.83. The molecule has 0 aromatic carbocycles. The number of carbonyl (C=O) groups is 1. The number of ether oxygens (including phenoxy) is 1. The molecule has 2 heterocycles. The summed E-state index contributed by atoms with van der Waals surface area (Å²) in [4.78, 5) is 15.7. The Morgan fingerprint density at radius 3 is 3.00 bits per heavy atom. The standard InChI is InChI=1S/C12H16N4O2/c1-4-18-12(17)13-6-10-7-14-16-9(3)5-8(2)15-11(10)16/h5,7H,4,6H2,1-3H3,(H,13,17). The van der Waals surface area contributed by atoms with Crippen molar-refractivity contribution in [3.8, 4) is 0 Å². The number of aromatic nitrogens is 3. The number of aryl methyl sites for hydroxylation is 2. The van der Waals surface area contributed by atoms with E-state index in [1.807, 2.05) is 19.9 Å². The molecule has 0 atom stereocenters. The Hall–Kier alpha value is -2.11. The Balaban J connectivity index is 2.21. The molecule has 1 amide bonds. The normalized spacial score (nSPS) is 10.6. The molecule has 0 aliphatic heterocycles. The van der Waals surface area contributed by atoms with E-state index in [9.17, 15) is 4.79 Å². The molecule has 0 saturated heterocycles. The first-order valence-electron chi connectivity index (χ1n) is 5.83. The number of hydrogen-bond acceptors (Lipinski definition) is 4. The molecule has 0 aliphatic rings. The lowest BCUT2D eigenvalue weighted by atomic mass is 10.3. The van der Waals surface area contributed by atoms with Gasteiger partial charge in [-0.3, -0.25) is 0 Å². The van der Waals surface area contributed by atoms with Crippen molar-refractivity contribution >= 4 is 11.7 Å². The van der Waals surface area contributed by atoms with E-state index in [0.29, 0.717) is 13.2 Å². The van der Waals surface area contributed by atoms with Crippen molar-refractivity contribution in [2.45, 2.75) is 27.3 Å². The number of fused-ring (bicyclic) bond motifs is 1. The van der Waals surface area contributed by atoms with Gasteiger partial charge in [-0.05, 0) is 26.8 Å². The van der Waals surface area contributed by atoms with Crippen molar-refractivity contribution in [2.75, 3.05) is 6.61 Å². The van der Waals surface area contributed by atoms with Crippen LogP contribution in [0.5, 0.6) is 0 Å². The predicted molar refractivity (Wildman–Crippen MR) is 66.3 cm³/mol. The van der Waals surface area contributed by atoms with Gasteiger partial charge in [0.2, 0.25) is 0 Å². The number of rotatable bonds is 3. The zero-order chi connectivity index (χ0) is 13.1. The van der Waals surface area contributed by atoms with Gasteiger partial charge in [-0.25, -0.2) is 14.3 Å². The van der Waals surface area contributed by atoms with Gasteiger partial charge in [-0.2, -0.15) is 5.10 Å². The lowest BCUT2D eigenvalue weighted by Gasteiger charge is -2.04. The van der Waals surface area contributed by atoms with Crippen LogP contribution in [0.25, 0.3) is 5.65 Å². The van der Waals surface area contributed by atoms with E-state index in [1.165, 1.54) is 0 Å². The monoisotopic (exact) mass is 248 g/mol. The van der Waals surface area contributed by atoms with Gasteiger partial charge in [0.05, 0.1) is 19.3 Å². The van der Waals surface area contributed by atoms with E-state index in [0.717, 1.165) is 22.6 Å². The Labute approximate surface area is 105 Å². The molecular formula is C12H16N4O2. The summed E-state index contributed by atoms with van der Waals surface area (Å²) in [6.45, 7) is 6.39. The molecule has 2 aromatic rings. The first kappa shape index (κ1) is 12.3. The average Bonchev–Trinajstić information content (AvgIpc) is 2.70. The van der Waals surface area contributed by atoms with E-state index in [2.05, 4.69) is 15.4 Å². The van der Waals surface area contributed by atoms with Crippen molar-refractivity contribution in [1.82, 2.24) is 19.9 Å². The summed E-state index contributed by atoms with van der Waals surface area (Å²) in [5.41, 5.74) is 3.58. The van der Waals surface area contributed by atoms with Crippen molar-refractivity contribution in [1.29, 1.82) is 0 Å². The number of carbonyl (C=O) groups excluding carboxylic acids is 1. The summed E-state index contributed by atoms with van der Waals surface area (Å²) < 4.78 is 6.56. The van der Waals surface area contributed by atoms with Gasteiger partial charge >= 0.3 is 6.09 Å². The second-order valence-electron chi connectivity index (χ2n) is 4.02. The van der Waals surface area contributed by atoms with Crippen LogP contribution in [0.3, 0.4) is 0 Å². The van der Waals surface area contributed by atoms with Gasteiger partial charge in [0.1, 0.15) is 0 Å². The number of amides is 1. The quantitative estimate of drug-likeness (QED) is 0.895. The minimum atomic E-state index is -0.429. The molecule has 6 nitrogen and oxygen atoms in total. The van der Waals surface area contributed by atoms with Crippen molar-refractivity contribution in [2.24, 2.45) is 0 Å². The van der Waals surface area contributed by atoms with Crippen LogP contribution in [0.4, 0.5) is 4.79 Å². The fourth-order valence-corrected chi connectivity index (χ4v) is 1.79. The van der Waals surface area contributed by atoms with Crippen LogP contribution in [0, 0.1) is 13.8 Å². The van der Waals surface area contributed by atoms with Crippen LogP contribution in [0.2, 0.25) is 0 Å². The maximum atomic E-state index is 11.2. The molecule has 2 aromatic heterocycles. The Bertz CT molecular complexity index is 577. The highest BCUT2D eigenvalue weighted by molar-refractivity contribution is 5.67. The lowest BCUT2D eigenvalue weighted by Crippen LogP contribution is -2.23. The lowest BCUT2D eigenvalue weighted by molar-refractivity contribution is 0.151. The number of hydrogen-bond donors (Lipinski definition) is 1. The highest BCUT2D eigenvalue weighted by atomic mass is 16.5. The second kappa shape index (κ2) is 5.03. The van der Waals surface area contributed by atoms with Crippen molar-refractivity contribution < 1.29 is 9.53 Å². The summed E-state index contributed by atoms with van der Waals surface area (Å²) in [6, 6.07) is 1.96. The Morgan fingerprint density at radius 2 is 2.28 bits per heavy atom. The summed E-state index contributed by atoms with van der Waals surface area (Å²) in [5.74, 6) is 0. The summed E-state index contributed by atoms with van der Waals surface area (Å²) in [7, 11) is 0. The third-order valence-corrected chi connectivity index (χ3v) is 2.55. The topological polar surface area (TPSA) is 68.5 Å². The fraction of sp³-hybridized carbons (Fsp3) is 0.417. The molecule has 0 radical (unpaired) electrons. The maximum Gasteiger partial charge on any atom is 0.407 e. The minimum Gasteiger partial charge on any atom is -0.450 e. The van der Waals surface area contributed by atoms with E-state index in [1.54, 1.807) is 17.6 Å². The Kier molecular flexibility index (Phi) is 3.45. The predicted octanol–water partition coefficient (Wildman–Crippen LogP) is 1.59. The highest BCUT2D eigenvalue weighted by Crippen LogP contribution is 2.11. The fourth-order valence-electron chi connectivity index (χ4n) is 1.79. The number of nitrogens with zero attached hydrogens (tertiary/aromatic N) is 3. The van der Waals surface area contributed by atoms with Crippen LogP contribution in [0.15, 0.2) is 12.3 Å². The summed E-state index contributed by atoms with van der Waals surface area (Å²) >= 11 is 0. The minimum absolute atomic E-state index is 0.358. The summed E-state index contributed by atoms with van der Waals surface area (Å²) in [6.07, 6.45) is 1.28. The molecule has 0 fully saturated rings. The van der Waals surface area contributed by atoms with E-state index in [4.69, 9.17) is 4.74 Å². The molecule has 0 unspecified atom stereocenters. The van der Waals surface area contributed by atoms with Gasteiger partial charge in [0.25, 0.3) is 0 Å². The molecule has 6 heteroatoms. The zero-order valence-electron chi connectivity index (χ0n) is 10.7. The molecule has 0 spiro atoms. The third-order valence-electron chi connectivity index (χ3n) is 2.55. The first-order chi connectivity index (χ1) is 8.61. The number of alkyl carbamates (subject to hydrolysis) is 1. The van der Waals surface area contributed by atoms with Crippen LogP contribution >= 0.6 is 0 Å². The molecule has 18 heavy (non-hydrogen) atoms. The van der Waals surface area contributed by atoms with Gasteiger partial charge in [-0.15, -0.1) is 0 Å². The zero-order valence-corrected chi connectivity index (χ0v) is 10.7. The highest BCUT2D eigenvalue weighted by Gasteiger charge is 2.09. The third kappa shape index (κ3) is 2.42. The smallest absolute Gasteiger partial charge is 0.407 e.